The molecule has 0 aliphatic carbocycles. The SMILES string of the molecule is O=C([C@H]1C[C@H](Oc2cccc(F)c2)CN1C(=O)O)N1CCC(N2CCCC2)C1. The normalized spacial score (nSPS) is 28.1. The molecule has 0 bridgehead atoms. The Hall–Kier alpha value is -2.35. The van der Waals surface area contributed by atoms with Gasteiger partial charge in [-0.25, -0.2) is 9.18 Å². The number of hydrogen-bond donors (Lipinski definition) is 1. The average molecular weight is 391 g/mol. The van der Waals surface area contributed by atoms with Crippen LogP contribution in [0.4, 0.5) is 9.18 Å². The van der Waals surface area contributed by atoms with Gasteiger partial charge in [-0.2, -0.15) is 0 Å². The van der Waals surface area contributed by atoms with Crippen molar-refractivity contribution >= 4 is 12.0 Å². The number of carboxylic acid groups (broad SMARTS) is 1. The minimum Gasteiger partial charge on any atom is -0.488 e. The minimum absolute atomic E-state index is 0.103. The molecule has 3 atom stereocenters. The molecule has 1 aromatic carbocycles. The molecule has 1 unspecified atom stereocenters. The van der Waals surface area contributed by atoms with Crippen molar-refractivity contribution in [1.82, 2.24) is 14.7 Å². The molecule has 3 aliphatic rings. The predicted octanol–water partition coefficient (Wildman–Crippen LogP) is 2.02. The maximum Gasteiger partial charge on any atom is 0.408 e. The van der Waals surface area contributed by atoms with E-state index in [4.69, 9.17) is 4.74 Å². The molecular formula is C20H26FN3O4. The Bertz CT molecular complexity index is 740. The third kappa shape index (κ3) is 3.92. The second-order valence-electron chi connectivity index (χ2n) is 7.85. The van der Waals surface area contributed by atoms with Crippen molar-refractivity contribution in [3.63, 3.8) is 0 Å². The summed E-state index contributed by atoms with van der Waals surface area (Å²) in [6.45, 7) is 3.60. The van der Waals surface area contributed by atoms with Gasteiger partial charge in [0.15, 0.2) is 0 Å². The van der Waals surface area contributed by atoms with E-state index >= 15 is 0 Å². The molecule has 7 nitrogen and oxygen atoms in total. The lowest BCUT2D eigenvalue weighted by atomic mass is 10.1. The number of carbonyl (C=O) groups excluding carboxylic acids is 1. The van der Waals surface area contributed by atoms with Crippen molar-refractivity contribution in [2.75, 3.05) is 32.7 Å². The number of likely N-dealkylation sites (tertiary alicyclic amines) is 3. The standard InChI is InChI=1S/C20H26FN3O4/c21-14-4-3-5-16(10-14)28-17-11-18(24(13-17)20(26)27)19(25)23-9-6-15(12-23)22-7-1-2-8-22/h3-5,10,15,17-18H,1-2,6-9,11-13H2,(H,26,27)/t15?,17-,18+/m0/s1. The van der Waals surface area contributed by atoms with Crippen LogP contribution in [-0.4, -0.2) is 82.7 Å². The van der Waals surface area contributed by atoms with Gasteiger partial charge in [-0.1, -0.05) is 6.07 Å². The molecule has 0 saturated carbocycles. The topological polar surface area (TPSA) is 73.3 Å². The van der Waals surface area contributed by atoms with Crippen LogP contribution in [0.2, 0.25) is 0 Å². The molecule has 3 saturated heterocycles. The highest BCUT2D eigenvalue weighted by Gasteiger charge is 2.44. The average Bonchev–Trinajstić information content (AvgIpc) is 3.41. The summed E-state index contributed by atoms with van der Waals surface area (Å²) in [6, 6.07) is 5.40. The van der Waals surface area contributed by atoms with E-state index in [9.17, 15) is 19.1 Å². The first-order valence-electron chi connectivity index (χ1n) is 9.96. The van der Waals surface area contributed by atoms with Gasteiger partial charge in [0.2, 0.25) is 5.91 Å². The highest BCUT2D eigenvalue weighted by Crippen LogP contribution is 2.27. The molecular weight excluding hydrogens is 365 g/mol. The third-order valence-electron chi connectivity index (χ3n) is 6.02. The summed E-state index contributed by atoms with van der Waals surface area (Å²) in [5.74, 6) is -0.212. The molecule has 4 rings (SSSR count). The van der Waals surface area contributed by atoms with Crippen molar-refractivity contribution in [3.05, 3.63) is 30.1 Å². The maximum absolute atomic E-state index is 13.4. The number of rotatable bonds is 4. The zero-order chi connectivity index (χ0) is 19.7. The summed E-state index contributed by atoms with van der Waals surface area (Å²) < 4.78 is 19.1. The summed E-state index contributed by atoms with van der Waals surface area (Å²) in [6.07, 6.45) is 2.04. The van der Waals surface area contributed by atoms with Crippen LogP contribution < -0.4 is 4.74 Å². The Morgan fingerprint density at radius 3 is 2.64 bits per heavy atom. The van der Waals surface area contributed by atoms with Crippen LogP contribution in [0.3, 0.4) is 0 Å². The molecule has 2 amide bonds. The lowest BCUT2D eigenvalue weighted by Gasteiger charge is -2.27. The fourth-order valence-corrected chi connectivity index (χ4v) is 4.62. The van der Waals surface area contributed by atoms with Crippen LogP contribution in [0, 0.1) is 5.82 Å². The van der Waals surface area contributed by atoms with E-state index < -0.39 is 24.1 Å². The van der Waals surface area contributed by atoms with E-state index in [-0.39, 0.29) is 18.9 Å². The smallest absolute Gasteiger partial charge is 0.408 e. The first-order chi connectivity index (χ1) is 13.5. The quantitative estimate of drug-likeness (QED) is 0.850. The zero-order valence-electron chi connectivity index (χ0n) is 15.8. The molecule has 1 N–H and O–H groups in total. The number of ether oxygens (including phenoxy) is 1. The first-order valence-corrected chi connectivity index (χ1v) is 9.96. The van der Waals surface area contributed by atoms with Crippen molar-refractivity contribution in [2.24, 2.45) is 0 Å². The number of hydrogen-bond acceptors (Lipinski definition) is 4. The molecule has 152 valence electrons. The largest absolute Gasteiger partial charge is 0.488 e. The van der Waals surface area contributed by atoms with E-state index in [0.717, 1.165) is 24.4 Å². The second kappa shape index (κ2) is 7.95. The van der Waals surface area contributed by atoms with Crippen LogP contribution in [0.25, 0.3) is 0 Å². The second-order valence-corrected chi connectivity index (χ2v) is 7.85. The Labute approximate surface area is 163 Å². The zero-order valence-corrected chi connectivity index (χ0v) is 15.8. The maximum atomic E-state index is 13.4. The van der Waals surface area contributed by atoms with Gasteiger partial charge in [0.25, 0.3) is 0 Å². The Balaban J connectivity index is 1.40. The van der Waals surface area contributed by atoms with Crippen LogP contribution in [0.15, 0.2) is 24.3 Å². The monoisotopic (exact) mass is 391 g/mol. The minimum atomic E-state index is -1.13. The number of benzene rings is 1. The van der Waals surface area contributed by atoms with E-state index in [2.05, 4.69) is 4.90 Å². The van der Waals surface area contributed by atoms with Gasteiger partial charge in [-0.3, -0.25) is 14.6 Å². The molecule has 3 fully saturated rings. The molecule has 3 aliphatic heterocycles. The van der Waals surface area contributed by atoms with E-state index in [1.807, 2.05) is 0 Å². The number of halogens is 1. The number of amides is 2. The van der Waals surface area contributed by atoms with E-state index in [1.54, 1.807) is 17.0 Å². The summed E-state index contributed by atoms with van der Waals surface area (Å²) in [7, 11) is 0. The van der Waals surface area contributed by atoms with Crippen molar-refractivity contribution < 1.29 is 23.8 Å². The highest BCUT2D eigenvalue weighted by molar-refractivity contribution is 5.86. The van der Waals surface area contributed by atoms with Crippen molar-refractivity contribution in [2.45, 2.75) is 43.9 Å². The molecule has 1 aromatic rings. The van der Waals surface area contributed by atoms with Crippen LogP contribution >= 0.6 is 0 Å². The summed E-state index contributed by atoms with van der Waals surface area (Å²) in [5.41, 5.74) is 0. The van der Waals surface area contributed by atoms with Crippen molar-refractivity contribution in [3.8, 4) is 5.75 Å². The third-order valence-corrected chi connectivity index (χ3v) is 6.02. The van der Waals surface area contributed by atoms with Crippen LogP contribution in [-0.2, 0) is 4.79 Å². The number of nitrogens with zero attached hydrogens (tertiary/aromatic N) is 3. The van der Waals surface area contributed by atoms with Gasteiger partial charge in [-0.15, -0.1) is 0 Å². The summed E-state index contributed by atoms with van der Waals surface area (Å²) >= 11 is 0. The van der Waals surface area contributed by atoms with Crippen LogP contribution in [0.1, 0.15) is 25.7 Å². The molecule has 0 aromatic heterocycles. The van der Waals surface area contributed by atoms with Gasteiger partial charge in [-0.05, 0) is 44.5 Å². The Morgan fingerprint density at radius 2 is 1.93 bits per heavy atom. The Morgan fingerprint density at radius 1 is 1.14 bits per heavy atom. The number of carbonyl (C=O) groups is 2. The molecule has 8 heteroatoms. The van der Waals surface area contributed by atoms with Gasteiger partial charge in [0, 0.05) is 31.6 Å². The molecule has 3 heterocycles. The Kier molecular flexibility index (Phi) is 5.39. The fraction of sp³-hybridized carbons (Fsp3) is 0.600. The first kappa shape index (κ1) is 19.0. The highest BCUT2D eigenvalue weighted by atomic mass is 19.1. The van der Waals surface area contributed by atoms with Gasteiger partial charge < -0.3 is 14.7 Å². The van der Waals surface area contributed by atoms with Crippen LogP contribution in [0.5, 0.6) is 5.75 Å². The summed E-state index contributed by atoms with van der Waals surface area (Å²) in [4.78, 5) is 30.1. The molecule has 0 spiro atoms. The van der Waals surface area contributed by atoms with Crippen molar-refractivity contribution in [1.29, 1.82) is 0 Å². The molecule has 0 radical (unpaired) electrons. The summed E-state index contributed by atoms with van der Waals surface area (Å²) in [5, 5.41) is 9.56. The van der Waals surface area contributed by atoms with Gasteiger partial charge in [0.1, 0.15) is 23.7 Å². The predicted molar refractivity (Wildman–Crippen MR) is 99.7 cm³/mol. The van der Waals surface area contributed by atoms with E-state index in [0.29, 0.717) is 24.9 Å². The molecule has 28 heavy (non-hydrogen) atoms. The van der Waals surface area contributed by atoms with E-state index in [1.165, 1.54) is 25.0 Å². The van der Waals surface area contributed by atoms with Gasteiger partial charge >= 0.3 is 6.09 Å². The lowest BCUT2D eigenvalue weighted by Crippen LogP contribution is -2.47. The lowest BCUT2D eigenvalue weighted by molar-refractivity contribution is -0.134. The fourth-order valence-electron chi connectivity index (χ4n) is 4.62. The van der Waals surface area contributed by atoms with Gasteiger partial charge in [0.05, 0.1) is 6.54 Å².